The molecule has 0 aliphatic carbocycles. The van der Waals surface area contributed by atoms with Crippen LogP contribution in [-0.2, 0) is 5.41 Å². The molecule has 1 aliphatic rings. The van der Waals surface area contributed by atoms with E-state index in [1.165, 1.54) is 27.5 Å². The van der Waals surface area contributed by atoms with Crippen molar-refractivity contribution >= 4 is 22.7 Å². The highest BCUT2D eigenvalue weighted by Gasteiger charge is 2.43. The normalized spacial score (nSPS) is 17.2. The largest absolute Gasteiger partial charge is 0.259 e. The van der Waals surface area contributed by atoms with Crippen molar-refractivity contribution < 1.29 is 0 Å². The second kappa shape index (κ2) is 6.61. The summed E-state index contributed by atoms with van der Waals surface area (Å²) < 4.78 is 0. The third kappa shape index (κ3) is 2.36. The molecule has 1 heteroatoms. The van der Waals surface area contributed by atoms with E-state index in [2.05, 4.69) is 116 Å². The lowest BCUT2D eigenvalue weighted by atomic mass is 9.63. The van der Waals surface area contributed by atoms with E-state index in [0.717, 1.165) is 5.69 Å². The lowest BCUT2D eigenvalue weighted by molar-refractivity contribution is 0.613. The summed E-state index contributed by atoms with van der Waals surface area (Å²) in [4.78, 5) is 5.05. The highest BCUT2D eigenvalue weighted by molar-refractivity contribution is 5.99. The maximum atomic E-state index is 5.05. The molecule has 0 saturated heterocycles. The molecule has 0 saturated carbocycles. The van der Waals surface area contributed by atoms with Crippen molar-refractivity contribution in [1.82, 2.24) is 0 Å². The molecule has 4 aromatic rings. The van der Waals surface area contributed by atoms with Gasteiger partial charge in [-0.15, -0.1) is 6.58 Å². The number of benzene rings is 4. The second-order valence-corrected chi connectivity index (χ2v) is 7.30. The van der Waals surface area contributed by atoms with Gasteiger partial charge in [-0.1, -0.05) is 103 Å². The maximum Gasteiger partial charge on any atom is 0.0743 e. The van der Waals surface area contributed by atoms with Crippen molar-refractivity contribution in [3.8, 4) is 0 Å². The van der Waals surface area contributed by atoms with E-state index in [9.17, 15) is 0 Å². The molecule has 1 atom stereocenters. The number of rotatable bonds is 3. The van der Waals surface area contributed by atoms with Crippen LogP contribution in [-0.4, -0.2) is 6.21 Å². The Balaban J connectivity index is 1.84. The highest BCUT2D eigenvalue weighted by Crippen LogP contribution is 2.51. The van der Waals surface area contributed by atoms with Crippen LogP contribution >= 0.6 is 0 Å². The van der Waals surface area contributed by atoms with Gasteiger partial charge < -0.3 is 0 Å². The minimum absolute atomic E-state index is 0.0920. The van der Waals surface area contributed by atoms with Crippen LogP contribution in [0.15, 0.2) is 115 Å². The number of aliphatic imine (C=N–C) groups is 1. The van der Waals surface area contributed by atoms with Gasteiger partial charge in [-0.05, 0) is 22.1 Å². The van der Waals surface area contributed by atoms with Gasteiger partial charge in [0.05, 0.1) is 11.1 Å². The first-order chi connectivity index (χ1) is 13.8. The van der Waals surface area contributed by atoms with E-state index < -0.39 is 0 Å². The van der Waals surface area contributed by atoms with E-state index in [4.69, 9.17) is 4.99 Å². The van der Waals surface area contributed by atoms with Crippen LogP contribution in [0.1, 0.15) is 22.6 Å². The van der Waals surface area contributed by atoms with Crippen LogP contribution in [0.2, 0.25) is 0 Å². The molecule has 1 nitrogen and oxygen atoms in total. The minimum atomic E-state index is -0.375. The Kier molecular flexibility index (Phi) is 3.95. The van der Waals surface area contributed by atoms with Gasteiger partial charge >= 0.3 is 0 Å². The molecule has 1 aliphatic heterocycles. The van der Waals surface area contributed by atoms with Gasteiger partial charge in [0.25, 0.3) is 0 Å². The van der Waals surface area contributed by atoms with Gasteiger partial charge in [0.15, 0.2) is 0 Å². The Morgan fingerprint density at radius 3 is 1.96 bits per heavy atom. The molecule has 134 valence electrons. The summed E-state index contributed by atoms with van der Waals surface area (Å²) in [5.74, 6) is 0.0920. The minimum Gasteiger partial charge on any atom is -0.259 e. The van der Waals surface area contributed by atoms with E-state index in [1.807, 2.05) is 0 Å². The van der Waals surface area contributed by atoms with Crippen molar-refractivity contribution in [2.45, 2.75) is 11.3 Å². The van der Waals surface area contributed by atoms with Gasteiger partial charge in [0.2, 0.25) is 0 Å². The molecule has 0 spiro atoms. The van der Waals surface area contributed by atoms with Crippen LogP contribution in [0.5, 0.6) is 0 Å². The average molecular weight is 359 g/mol. The first kappa shape index (κ1) is 16.7. The number of hydrogen-bond acceptors (Lipinski definition) is 1. The van der Waals surface area contributed by atoms with Gasteiger partial charge in [-0.2, -0.15) is 0 Å². The molecule has 0 aromatic heterocycles. The first-order valence-corrected chi connectivity index (χ1v) is 9.65. The SMILES string of the molecule is C=CC1c2ccc3ccccc3c2N=CC1(c1ccccc1)c1ccccc1. The predicted molar refractivity (Wildman–Crippen MR) is 119 cm³/mol. The Morgan fingerprint density at radius 2 is 1.32 bits per heavy atom. The van der Waals surface area contributed by atoms with E-state index in [1.54, 1.807) is 0 Å². The molecule has 0 fully saturated rings. The molecule has 5 rings (SSSR count). The molecule has 1 heterocycles. The zero-order valence-electron chi connectivity index (χ0n) is 15.6. The van der Waals surface area contributed by atoms with Gasteiger partial charge in [0.1, 0.15) is 0 Å². The van der Waals surface area contributed by atoms with Crippen LogP contribution in [0.25, 0.3) is 10.8 Å². The Labute approximate surface area is 165 Å². The highest BCUT2D eigenvalue weighted by atomic mass is 14.8. The van der Waals surface area contributed by atoms with Gasteiger partial charge in [-0.3, -0.25) is 4.99 Å². The summed E-state index contributed by atoms with van der Waals surface area (Å²) >= 11 is 0. The number of allylic oxidation sites excluding steroid dienone is 1. The summed E-state index contributed by atoms with van der Waals surface area (Å²) in [5, 5.41) is 2.41. The molecular weight excluding hydrogens is 338 g/mol. The molecule has 1 unspecified atom stereocenters. The van der Waals surface area contributed by atoms with E-state index in [-0.39, 0.29) is 11.3 Å². The monoisotopic (exact) mass is 359 g/mol. The molecule has 0 radical (unpaired) electrons. The fourth-order valence-corrected chi connectivity index (χ4v) is 4.57. The predicted octanol–water partition coefficient (Wildman–Crippen LogP) is 6.81. The van der Waals surface area contributed by atoms with Crippen molar-refractivity contribution in [3.05, 3.63) is 126 Å². The van der Waals surface area contributed by atoms with Crippen LogP contribution in [0.4, 0.5) is 5.69 Å². The summed E-state index contributed by atoms with van der Waals surface area (Å²) in [6.45, 7) is 4.25. The maximum absolute atomic E-state index is 5.05. The zero-order valence-corrected chi connectivity index (χ0v) is 15.6. The third-order valence-corrected chi connectivity index (χ3v) is 5.89. The fourth-order valence-electron chi connectivity index (χ4n) is 4.57. The molecule has 0 bridgehead atoms. The van der Waals surface area contributed by atoms with E-state index >= 15 is 0 Å². The lowest BCUT2D eigenvalue weighted by Crippen LogP contribution is -2.37. The number of nitrogens with zero attached hydrogens (tertiary/aromatic N) is 1. The summed E-state index contributed by atoms with van der Waals surface area (Å²) in [6.07, 6.45) is 4.22. The number of hydrogen-bond donors (Lipinski definition) is 0. The summed E-state index contributed by atoms with van der Waals surface area (Å²) in [5.41, 5.74) is 4.37. The third-order valence-electron chi connectivity index (χ3n) is 5.89. The smallest absolute Gasteiger partial charge is 0.0743 e. The van der Waals surface area contributed by atoms with Crippen LogP contribution < -0.4 is 0 Å². The van der Waals surface area contributed by atoms with Crippen LogP contribution in [0, 0.1) is 0 Å². The molecule has 0 N–H and O–H groups in total. The fraction of sp³-hybridized carbons (Fsp3) is 0.0741. The van der Waals surface area contributed by atoms with E-state index in [0.29, 0.717) is 0 Å². The molecular formula is C27H21N. The molecule has 28 heavy (non-hydrogen) atoms. The Morgan fingerprint density at radius 1 is 0.714 bits per heavy atom. The Hall–Kier alpha value is -3.45. The summed E-state index contributed by atoms with van der Waals surface area (Å²) in [7, 11) is 0. The molecule has 4 aromatic carbocycles. The van der Waals surface area contributed by atoms with Crippen LogP contribution in [0.3, 0.4) is 0 Å². The topological polar surface area (TPSA) is 12.4 Å². The van der Waals surface area contributed by atoms with Crippen molar-refractivity contribution in [2.75, 3.05) is 0 Å². The number of fused-ring (bicyclic) bond motifs is 3. The first-order valence-electron chi connectivity index (χ1n) is 9.65. The van der Waals surface area contributed by atoms with Crippen molar-refractivity contribution in [2.24, 2.45) is 4.99 Å². The standard InChI is InChI=1S/C27H21N/c1-2-25-24-18-17-20-11-9-10-16-23(20)26(24)28-19-27(25,21-12-5-3-6-13-21)22-14-7-4-8-15-22/h2-19,25H,1H2. The van der Waals surface area contributed by atoms with Crippen molar-refractivity contribution in [3.63, 3.8) is 0 Å². The second-order valence-electron chi connectivity index (χ2n) is 7.30. The van der Waals surface area contributed by atoms with Crippen molar-refractivity contribution in [1.29, 1.82) is 0 Å². The van der Waals surface area contributed by atoms with Gasteiger partial charge in [-0.25, -0.2) is 0 Å². The summed E-state index contributed by atoms with van der Waals surface area (Å²) in [6, 6.07) is 34.2. The average Bonchev–Trinajstić information content (AvgIpc) is 2.79. The quantitative estimate of drug-likeness (QED) is 0.356. The van der Waals surface area contributed by atoms with Gasteiger partial charge in [0, 0.05) is 17.5 Å². The zero-order chi connectivity index (χ0) is 19.0. The lowest BCUT2D eigenvalue weighted by Gasteiger charge is -2.41. The molecule has 0 amide bonds. The Bertz CT molecular complexity index is 1130.